The number of amides is 1. The summed E-state index contributed by atoms with van der Waals surface area (Å²) in [5.74, 6) is 1.06. The van der Waals surface area contributed by atoms with Crippen LogP contribution < -0.4 is 15.0 Å². The van der Waals surface area contributed by atoms with E-state index in [1.165, 1.54) is 23.5 Å². The van der Waals surface area contributed by atoms with Crippen molar-refractivity contribution in [3.05, 3.63) is 83.4 Å². The Balaban J connectivity index is 1.36. The third-order valence-corrected chi connectivity index (χ3v) is 6.82. The van der Waals surface area contributed by atoms with Gasteiger partial charge in [0.25, 0.3) is 5.91 Å². The van der Waals surface area contributed by atoms with Crippen LogP contribution in [0.2, 0.25) is 0 Å². The molecule has 1 saturated heterocycles. The molecule has 9 heteroatoms. The first-order chi connectivity index (χ1) is 17.6. The Kier molecular flexibility index (Phi) is 7.29. The summed E-state index contributed by atoms with van der Waals surface area (Å²) in [5.41, 5.74) is 2.47. The van der Waals surface area contributed by atoms with Crippen LogP contribution in [0.1, 0.15) is 29.2 Å². The monoisotopic (exact) mass is 507 g/mol. The van der Waals surface area contributed by atoms with Gasteiger partial charge in [-0.3, -0.25) is 4.79 Å². The average molecular weight is 508 g/mol. The van der Waals surface area contributed by atoms with Crippen LogP contribution in [0.3, 0.4) is 0 Å². The van der Waals surface area contributed by atoms with Gasteiger partial charge in [0, 0.05) is 29.8 Å². The number of nitrogens with one attached hydrogen (secondary N) is 1. The maximum Gasteiger partial charge on any atom is 0.287 e. The normalized spacial score (nSPS) is 15.1. The maximum atomic E-state index is 13.4. The fourth-order valence-electron chi connectivity index (χ4n) is 4.01. The van der Waals surface area contributed by atoms with E-state index in [1.807, 2.05) is 34.5 Å². The molecule has 0 unspecified atom stereocenters. The number of nitrogens with zero attached hydrogens (tertiary/aromatic N) is 2. The Morgan fingerprint density at radius 3 is 2.69 bits per heavy atom. The molecule has 4 aromatic rings. The van der Waals surface area contributed by atoms with Crippen molar-refractivity contribution < 1.29 is 23.1 Å². The number of thiazole rings is 1. The van der Waals surface area contributed by atoms with E-state index in [1.54, 1.807) is 31.4 Å². The highest BCUT2D eigenvalue weighted by molar-refractivity contribution is 7.14. The number of methoxy groups -OCH3 is 1. The van der Waals surface area contributed by atoms with Crippen LogP contribution in [0.15, 0.2) is 70.5 Å². The Labute approximate surface area is 212 Å². The molecule has 0 spiro atoms. The van der Waals surface area contributed by atoms with E-state index in [0.717, 1.165) is 47.3 Å². The van der Waals surface area contributed by atoms with Gasteiger partial charge in [0.2, 0.25) is 0 Å². The van der Waals surface area contributed by atoms with Crippen molar-refractivity contribution in [3.8, 4) is 17.0 Å². The number of aromatic nitrogens is 1. The van der Waals surface area contributed by atoms with Crippen LogP contribution in [0.25, 0.3) is 11.3 Å². The molecule has 0 bridgehead atoms. The minimum Gasteiger partial charge on any atom is -0.497 e. The number of halogens is 1. The summed E-state index contributed by atoms with van der Waals surface area (Å²) >= 11 is 1.47. The molecule has 0 saturated carbocycles. The highest BCUT2D eigenvalue weighted by Crippen LogP contribution is 2.34. The number of ether oxygens (including phenoxy) is 2. The van der Waals surface area contributed by atoms with Crippen LogP contribution in [-0.4, -0.2) is 37.3 Å². The SMILES string of the molecule is COc1ccc(N(Cc2ccc(C(=O)NC[C@H]3CCCO3)o2)c2nc(-c3ccc(F)cc3)cs2)cc1. The molecule has 0 aliphatic carbocycles. The van der Waals surface area contributed by atoms with Gasteiger partial charge in [0.05, 0.1) is 25.5 Å². The van der Waals surface area contributed by atoms with Gasteiger partial charge in [0.1, 0.15) is 17.3 Å². The number of hydrogen-bond acceptors (Lipinski definition) is 7. The largest absolute Gasteiger partial charge is 0.497 e. The van der Waals surface area contributed by atoms with Crippen LogP contribution in [0.5, 0.6) is 5.75 Å². The fraction of sp³-hybridized carbons (Fsp3) is 0.259. The molecule has 1 atom stereocenters. The van der Waals surface area contributed by atoms with E-state index in [2.05, 4.69) is 5.32 Å². The number of furan rings is 1. The van der Waals surface area contributed by atoms with Crippen molar-refractivity contribution in [2.24, 2.45) is 0 Å². The van der Waals surface area contributed by atoms with Gasteiger partial charge >= 0.3 is 0 Å². The zero-order valence-corrected chi connectivity index (χ0v) is 20.6. The van der Waals surface area contributed by atoms with Crippen molar-refractivity contribution in [3.63, 3.8) is 0 Å². The minimum absolute atomic E-state index is 0.0640. The van der Waals surface area contributed by atoms with Crippen LogP contribution in [0.4, 0.5) is 15.2 Å². The predicted molar refractivity (Wildman–Crippen MR) is 136 cm³/mol. The minimum atomic E-state index is -0.289. The lowest BCUT2D eigenvalue weighted by atomic mass is 10.2. The Bertz CT molecular complexity index is 1300. The zero-order valence-electron chi connectivity index (χ0n) is 19.8. The van der Waals surface area contributed by atoms with E-state index in [-0.39, 0.29) is 23.6 Å². The summed E-state index contributed by atoms with van der Waals surface area (Å²) in [4.78, 5) is 19.4. The number of anilines is 2. The first kappa shape index (κ1) is 24.0. The topological polar surface area (TPSA) is 76.8 Å². The molecular formula is C27H26FN3O4S. The van der Waals surface area contributed by atoms with Crippen molar-refractivity contribution in [2.45, 2.75) is 25.5 Å². The highest BCUT2D eigenvalue weighted by Gasteiger charge is 2.20. The van der Waals surface area contributed by atoms with Crippen LogP contribution >= 0.6 is 11.3 Å². The summed E-state index contributed by atoms with van der Waals surface area (Å²) in [5, 5.41) is 5.56. The Morgan fingerprint density at radius 2 is 1.97 bits per heavy atom. The second-order valence-corrected chi connectivity index (χ2v) is 9.25. The molecule has 36 heavy (non-hydrogen) atoms. The lowest BCUT2D eigenvalue weighted by molar-refractivity contribution is 0.0834. The number of hydrogen-bond donors (Lipinski definition) is 1. The van der Waals surface area contributed by atoms with E-state index >= 15 is 0 Å². The van der Waals surface area contributed by atoms with E-state index in [4.69, 9.17) is 18.9 Å². The maximum absolute atomic E-state index is 13.4. The summed E-state index contributed by atoms with van der Waals surface area (Å²) in [6, 6.07) is 17.4. The average Bonchev–Trinajstić information content (AvgIpc) is 3.69. The smallest absolute Gasteiger partial charge is 0.287 e. The molecule has 1 fully saturated rings. The molecule has 1 N–H and O–H groups in total. The number of carbonyl (C=O) groups is 1. The predicted octanol–water partition coefficient (Wildman–Crippen LogP) is 5.80. The fourth-order valence-corrected chi connectivity index (χ4v) is 4.87. The molecule has 1 aliphatic heterocycles. The number of benzene rings is 2. The van der Waals surface area contributed by atoms with Crippen molar-refractivity contribution in [1.82, 2.24) is 10.3 Å². The third-order valence-electron chi connectivity index (χ3n) is 5.96. The Morgan fingerprint density at radius 1 is 1.17 bits per heavy atom. The second kappa shape index (κ2) is 10.9. The van der Waals surface area contributed by atoms with Crippen LogP contribution in [-0.2, 0) is 11.3 Å². The molecule has 7 nitrogen and oxygen atoms in total. The summed E-state index contributed by atoms with van der Waals surface area (Å²) in [6.45, 7) is 1.58. The molecule has 1 amide bonds. The zero-order chi connectivity index (χ0) is 24.9. The first-order valence-corrected chi connectivity index (χ1v) is 12.6. The molecule has 186 valence electrons. The van der Waals surface area contributed by atoms with E-state index in [9.17, 15) is 9.18 Å². The quantitative estimate of drug-likeness (QED) is 0.309. The molecule has 2 aromatic carbocycles. The van der Waals surface area contributed by atoms with Gasteiger partial charge in [-0.1, -0.05) is 0 Å². The molecule has 1 aliphatic rings. The van der Waals surface area contributed by atoms with Gasteiger partial charge in [-0.15, -0.1) is 11.3 Å². The second-order valence-electron chi connectivity index (χ2n) is 8.42. The van der Waals surface area contributed by atoms with Crippen molar-refractivity contribution in [1.29, 1.82) is 0 Å². The van der Waals surface area contributed by atoms with Gasteiger partial charge in [-0.2, -0.15) is 0 Å². The number of rotatable bonds is 9. The summed E-state index contributed by atoms with van der Waals surface area (Å²) in [6.07, 6.45) is 2.04. The lowest BCUT2D eigenvalue weighted by Gasteiger charge is -2.21. The van der Waals surface area contributed by atoms with Gasteiger partial charge in [-0.05, 0) is 73.5 Å². The number of carbonyl (C=O) groups excluding carboxylic acids is 1. The van der Waals surface area contributed by atoms with Gasteiger partial charge in [-0.25, -0.2) is 9.37 Å². The lowest BCUT2D eigenvalue weighted by Crippen LogP contribution is -2.31. The van der Waals surface area contributed by atoms with Crippen molar-refractivity contribution in [2.75, 3.05) is 25.2 Å². The van der Waals surface area contributed by atoms with Crippen molar-refractivity contribution >= 4 is 28.1 Å². The summed E-state index contributed by atoms with van der Waals surface area (Å²) in [7, 11) is 1.62. The van der Waals surface area contributed by atoms with Gasteiger partial charge in [0.15, 0.2) is 10.9 Å². The molecule has 5 rings (SSSR count). The standard InChI is InChI=1S/C27H26FN3O4S/c1-33-21-10-8-20(9-11-21)31(27-30-24(17-36-27)18-4-6-19(28)7-5-18)16-23-12-13-25(35-23)26(32)29-15-22-3-2-14-34-22/h4-13,17,22H,2-3,14-16H2,1H3,(H,29,32)/t22-/m1/s1. The van der Waals surface area contributed by atoms with Gasteiger partial charge < -0.3 is 24.1 Å². The highest BCUT2D eigenvalue weighted by atomic mass is 32.1. The van der Waals surface area contributed by atoms with Crippen LogP contribution in [0, 0.1) is 5.82 Å². The first-order valence-electron chi connectivity index (χ1n) is 11.7. The molecule has 3 heterocycles. The van der Waals surface area contributed by atoms with E-state index in [0.29, 0.717) is 18.8 Å². The molecule has 2 aromatic heterocycles. The molecule has 0 radical (unpaired) electrons. The summed E-state index contributed by atoms with van der Waals surface area (Å²) < 4.78 is 30.1. The third kappa shape index (κ3) is 5.58. The Hall–Kier alpha value is -3.69. The molecular weight excluding hydrogens is 481 g/mol. The van der Waals surface area contributed by atoms with E-state index < -0.39 is 0 Å².